The topological polar surface area (TPSA) is 83.4 Å². The van der Waals surface area contributed by atoms with Crippen LogP contribution in [-0.4, -0.2) is 66.1 Å². The molecule has 6 rings (SSSR count). The molecule has 3 aliphatic carbocycles. The van der Waals surface area contributed by atoms with Crippen LogP contribution in [0.25, 0.3) is 11.1 Å². The molecule has 1 saturated heterocycles. The molecule has 7 nitrogen and oxygen atoms in total. The maximum Gasteiger partial charge on any atom is 0.131 e. The van der Waals surface area contributed by atoms with Gasteiger partial charge in [-0.25, -0.2) is 0 Å². The zero-order chi connectivity index (χ0) is 27.7. The van der Waals surface area contributed by atoms with E-state index < -0.39 is 12.2 Å². The van der Waals surface area contributed by atoms with Gasteiger partial charge in [-0.15, -0.1) is 0 Å². The molecule has 3 saturated carbocycles. The van der Waals surface area contributed by atoms with E-state index in [1.54, 1.807) is 21.1 Å². The smallest absolute Gasteiger partial charge is 0.131 e. The van der Waals surface area contributed by atoms with Gasteiger partial charge in [0.1, 0.15) is 18.1 Å². The molecule has 2 aromatic rings. The van der Waals surface area contributed by atoms with Crippen molar-refractivity contribution in [2.75, 3.05) is 20.8 Å². The number of hydroxylamine groups is 2. The Morgan fingerprint density at radius 1 is 1.10 bits per heavy atom. The van der Waals surface area contributed by atoms with Crippen LogP contribution in [0.5, 0.6) is 5.75 Å². The molecule has 0 aromatic heterocycles. The van der Waals surface area contributed by atoms with Crippen LogP contribution in [0.2, 0.25) is 0 Å². The number of hydrogen-bond acceptors (Lipinski definition) is 7. The van der Waals surface area contributed by atoms with E-state index in [-0.39, 0.29) is 30.3 Å². The molecular formula is C32H44N2O5. The summed E-state index contributed by atoms with van der Waals surface area (Å²) in [5, 5.41) is 27.1. The lowest BCUT2D eigenvalue weighted by atomic mass is 9.21. The van der Waals surface area contributed by atoms with Crippen LogP contribution in [0.15, 0.2) is 48.5 Å². The number of nitrogens with zero attached hydrogens (tertiary/aromatic N) is 1. The SMILES string of the molecule is COc1c(CN2O[C@@H](CO)[C@H]([C@H](C)O)[C@H]2C(N[C@@]23C[C@H]4C2[C@@H]([C@@H]3C)C4(C)C)OC)cccc1-c1ccccc1. The van der Waals surface area contributed by atoms with Crippen molar-refractivity contribution < 1.29 is 24.5 Å². The molecule has 2 unspecified atom stereocenters. The maximum atomic E-state index is 10.9. The van der Waals surface area contributed by atoms with Gasteiger partial charge in [-0.2, -0.15) is 5.06 Å². The molecule has 0 amide bonds. The molecule has 10 atom stereocenters. The zero-order valence-corrected chi connectivity index (χ0v) is 24.0. The molecule has 7 heteroatoms. The summed E-state index contributed by atoms with van der Waals surface area (Å²) in [6.45, 7) is 9.26. The van der Waals surface area contributed by atoms with E-state index >= 15 is 0 Å². The summed E-state index contributed by atoms with van der Waals surface area (Å²) in [4.78, 5) is 6.38. The van der Waals surface area contributed by atoms with Gasteiger partial charge in [-0.3, -0.25) is 10.2 Å². The van der Waals surface area contributed by atoms with E-state index in [0.29, 0.717) is 23.8 Å². The molecule has 3 N–H and O–H groups in total. The minimum absolute atomic E-state index is 0.0721. The number of rotatable bonds is 10. The molecule has 0 bridgehead atoms. The summed E-state index contributed by atoms with van der Waals surface area (Å²) in [6, 6.07) is 16.1. The predicted octanol–water partition coefficient (Wildman–Crippen LogP) is 4.08. The zero-order valence-electron chi connectivity index (χ0n) is 24.0. The first-order chi connectivity index (χ1) is 18.7. The Morgan fingerprint density at radius 3 is 2.44 bits per heavy atom. The second-order valence-corrected chi connectivity index (χ2v) is 12.9. The molecule has 1 heterocycles. The van der Waals surface area contributed by atoms with Crippen LogP contribution in [-0.2, 0) is 16.1 Å². The number of para-hydroxylation sites is 1. The fraction of sp³-hybridized carbons (Fsp3) is 0.625. The highest BCUT2D eigenvalue weighted by molar-refractivity contribution is 5.72. The lowest BCUT2D eigenvalue weighted by Gasteiger charge is -2.86. The van der Waals surface area contributed by atoms with Crippen LogP contribution >= 0.6 is 0 Å². The van der Waals surface area contributed by atoms with Crippen LogP contribution in [0.1, 0.15) is 39.7 Å². The molecule has 212 valence electrons. The monoisotopic (exact) mass is 536 g/mol. The number of hydrogen-bond donors (Lipinski definition) is 3. The van der Waals surface area contributed by atoms with Gasteiger partial charge in [-0.05, 0) is 48.0 Å². The van der Waals surface area contributed by atoms with Crippen molar-refractivity contribution in [3.8, 4) is 16.9 Å². The number of aliphatic hydroxyl groups is 2. The standard InChI is InChI=1S/C32H44N2O5/c1-18-26-27-23(31(26,3)4)15-32(18,27)33-30(38-6)28-25(19(2)36)24(17-35)39-34(28)16-21-13-10-14-22(29(21)37-5)20-11-8-7-9-12-20/h7-14,18-19,23-28,30,33,35-36H,15-17H2,1-6H3/t18-,19-,23-,24-,25-,26+,27?,28-,30?,32+/m0/s1. The summed E-state index contributed by atoms with van der Waals surface area (Å²) >= 11 is 0. The molecular weight excluding hydrogens is 492 g/mol. The third-order valence-electron chi connectivity index (χ3n) is 11.0. The first-order valence-corrected chi connectivity index (χ1v) is 14.4. The fourth-order valence-corrected chi connectivity index (χ4v) is 9.13. The van der Waals surface area contributed by atoms with E-state index in [4.69, 9.17) is 14.3 Å². The van der Waals surface area contributed by atoms with Crippen molar-refractivity contribution in [2.24, 2.45) is 35.0 Å². The Bertz CT molecular complexity index is 1180. The minimum Gasteiger partial charge on any atom is -0.496 e. The predicted molar refractivity (Wildman–Crippen MR) is 150 cm³/mol. The molecule has 4 aliphatic rings. The lowest BCUT2D eigenvalue weighted by molar-refractivity contribution is -0.360. The highest BCUT2D eigenvalue weighted by Crippen LogP contribution is 2.81. The summed E-state index contributed by atoms with van der Waals surface area (Å²) in [5.74, 6) is 3.24. The molecule has 1 aliphatic heterocycles. The molecule has 39 heavy (non-hydrogen) atoms. The van der Waals surface area contributed by atoms with Crippen molar-refractivity contribution in [1.82, 2.24) is 10.4 Å². The average Bonchev–Trinajstić information content (AvgIpc) is 3.29. The van der Waals surface area contributed by atoms with Crippen molar-refractivity contribution in [1.29, 1.82) is 0 Å². The Kier molecular flexibility index (Phi) is 6.85. The van der Waals surface area contributed by atoms with Crippen LogP contribution in [0.4, 0.5) is 0 Å². The summed E-state index contributed by atoms with van der Waals surface area (Å²) in [7, 11) is 3.43. The average molecular weight is 537 g/mol. The van der Waals surface area contributed by atoms with Crippen LogP contribution in [0, 0.1) is 35.0 Å². The van der Waals surface area contributed by atoms with Gasteiger partial charge in [0.15, 0.2) is 0 Å². The Morgan fingerprint density at radius 2 is 1.85 bits per heavy atom. The highest BCUT2D eigenvalue weighted by atomic mass is 16.7. The van der Waals surface area contributed by atoms with E-state index in [1.165, 1.54) is 0 Å². The van der Waals surface area contributed by atoms with Gasteiger partial charge < -0.3 is 19.7 Å². The second-order valence-electron chi connectivity index (χ2n) is 12.9. The van der Waals surface area contributed by atoms with Gasteiger partial charge in [0.2, 0.25) is 0 Å². The third-order valence-corrected chi connectivity index (χ3v) is 11.0. The molecule has 0 spiro atoms. The normalized spacial score (nSPS) is 37.7. The lowest BCUT2D eigenvalue weighted by Crippen LogP contribution is -2.90. The highest BCUT2D eigenvalue weighted by Gasteiger charge is 2.82. The molecule has 4 fully saturated rings. The van der Waals surface area contributed by atoms with E-state index in [2.05, 4.69) is 50.4 Å². The summed E-state index contributed by atoms with van der Waals surface area (Å²) < 4.78 is 12.1. The minimum atomic E-state index is -0.685. The van der Waals surface area contributed by atoms with E-state index in [1.807, 2.05) is 29.3 Å². The van der Waals surface area contributed by atoms with E-state index in [9.17, 15) is 10.2 Å². The number of aliphatic hydroxyl groups excluding tert-OH is 2. The van der Waals surface area contributed by atoms with Gasteiger partial charge in [0.25, 0.3) is 0 Å². The van der Waals surface area contributed by atoms with Crippen molar-refractivity contribution in [3.05, 3.63) is 54.1 Å². The summed E-state index contributed by atoms with van der Waals surface area (Å²) in [5.41, 5.74) is 3.56. The van der Waals surface area contributed by atoms with Gasteiger partial charge in [-0.1, -0.05) is 69.3 Å². The van der Waals surface area contributed by atoms with Gasteiger partial charge in [0, 0.05) is 29.7 Å². The van der Waals surface area contributed by atoms with Crippen molar-refractivity contribution in [3.63, 3.8) is 0 Å². The van der Waals surface area contributed by atoms with Gasteiger partial charge >= 0.3 is 0 Å². The Labute approximate surface area is 232 Å². The molecule has 0 radical (unpaired) electrons. The number of methoxy groups -OCH3 is 2. The van der Waals surface area contributed by atoms with Crippen molar-refractivity contribution >= 4 is 0 Å². The number of benzene rings is 2. The summed E-state index contributed by atoms with van der Waals surface area (Å²) in [6.07, 6.45) is -0.419. The molecule has 2 aromatic carbocycles. The Hall–Kier alpha value is -2.00. The first kappa shape index (κ1) is 27.2. The second kappa shape index (κ2) is 9.82. The quantitative estimate of drug-likeness (QED) is 0.395. The van der Waals surface area contributed by atoms with Crippen LogP contribution < -0.4 is 10.1 Å². The van der Waals surface area contributed by atoms with Crippen LogP contribution in [0.3, 0.4) is 0 Å². The first-order valence-electron chi connectivity index (χ1n) is 14.4. The number of nitrogens with one attached hydrogen (secondary N) is 1. The Balaban J connectivity index is 1.31. The third kappa shape index (κ3) is 3.85. The fourth-order valence-electron chi connectivity index (χ4n) is 9.13. The van der Waals surface area contributed by atoms with Crippen molar-refractivity contribution in [2.45, 2.75) is 70.7 Å². The van der Waals surface area contributed by atoms with E-state index in [0.717, 1.165) is 40.7 Å². The largest absolute Gasteiger partial charge is 0.496 e. The van der Waals surface area contributed by atoms with Gasteiger partial charge in [0.05, 0.1) is 32.4 Å². The maximum absolute atomic E-state index is 10.9. The number of ether oxygens (including phenoxy) is 2.